The smallest absolute Gasteiger partial charge is 0.347 e. The molecule has 1 aromatic rings. The SMILES string of the molecule is COCc1nc(N2CC(C)OC(C)C2)sc1C(=O)O. The van der Waals surface area contributed by atoms with Crippen LogP contribution in [0.1, 0.15) is 29.2 Å². The van der Waals surface area contributed by atoms with Crippen LogP contribution in [0.3, 0.4) is 0 Å². The third-order valence-corrected chi connectivity index (χ3v) is 4.00. The summed E-state index contributed by atoms with van der Waals surface area (Å²) in [4.78, 5) is 17.9. The first-order valence-corrected chi connectivity index (χ1v) is 6.95. The molecular weight excluding hydrogens is 268 g/mol. The van der Waals surface area contributed by atoms with Crippen LogP contribution >= 0.6 is 11.3 Å². The van der Waals surface area contributed by atoms with E-state index in [1.807, 2.05) is 13.8 Å². The van der Waals surface area contributed by atoms with Gasteiger partial charge in [-0.3, -0.25) is 0 Å². The van der Waals surface area contributed by atoms with Gasteiger partial charge in [-0.25, -0.2) is 9.78 Å². The van der Waals surface area contributed by atoms with Gasteiger partial charge in [0.2, 0.25) is 0 Å². The van der Waals surface area contributed by atoms with Gasteiger partial charge < -0.3 is 19.5 Å². The monoisotopic (exact) mass is 286 g/mol. The van der Waals surface area contributed by atoms with Crippen LogP contribution in [0.15, 0.2) is 0 Å². The summed E-state index contributed by atoms with van der Waals surface area (Å²) in [5.41, 5.74) is 0.488. The summed E-state index contributed by atoms with van der Waals surface area (Å²) >= 11 is 1.20. The van der Waals surface area contributed by atoms with Crippen LogP contribution in [0, 0.1) is 0 Å². The minimum Gasteiger partial charge on any atom is -0.477 e. The van der Waals surface area contributed by atoms with Crippen LogP contribution in [0.2, 0.25) is 0 Å². The standard InChI is InChI=1S/C12H18N2O4S/c1-7-4-14(5-8(2)18-7)12-13-9(6-17-3)10(19-12)11(15)16/h7-8H,4-6H2,1-3H3,(H,15,16). The summed E-state index contributed by atoms with van der Waals surface area (Å²) < 4.78 is 10.7. The lowest BCUT2D eigenvalue weighted by atomic mass is 10.2. The number of hydrogen-bond donors (Lipinski definition) is 1. The number of ether oxygens (including phenoxy) is 2. The maximum absolute atomic E-state index is 11.2. The predicted octanol–water partition coefficient (Wildman–Crippen LogP) is 1.60. The molecule has 6 nitrogen and oxygen atoms in total. The predicted molar refractivity (Wildman–Crippen MR) is 72.0 cm³/mol. The van der Waals surface area contributed by atoms with Crippen LogP contribution in [-0.2, 0) is 16.1 Å². The Balaban J connectivity index is 2.24. The molecule has 1 N–H and O–H groups in total. The van der Waals surface area contributed by atoms with E-state index in [0.29, 0.717) is 5.69 Å². The Bertz CT molecular complexity index is 453. The lowest BCUT2D eigenvalue weighted by Crippen LogP contribution is -2.45. The van der Waals surface area contributed by atoms with Gasteiger partial charge in [0.1, 0.15) is 4.88 Å². The molecule has 0 amide bonds. The molecule has 0 aromatic carbocycles. The van der Waals surface area contributed by atoms with Crippen molar-refractivity contribution in [2.24, 2.45) is 0 Å². The number of carboxylic acids is 1. The average molecular weight is 286 g/mol. The van der Waals surface area contributed by atoms with E-state index in [1.165, 1.54) is 18.4 Å². The van der Waals surface area contributed by atoms with Crippen LogP contribution in [0.5, 0.6) is 0 Å². The van der Waals surface area contributed by atoms with Crippen molar-refractivity contribution in [1.82, 2.24) is 4.98 Å². The molecule has 2 heterocycles. The Morgan fingerprint density at radius 1 is 1.53 bits per heavy atom. The highest BCUT2D eigenvalue weighted by Crippen LogP contribution is 2.29. The molecule has 0 spiro atoms. The molecule has 1 aliphatic rings. The quantitative estimate of drug-likeness (QED) is 0.906. The number of nitrogens with zero attached hydrogens (tertiary/aromatic N) is 2. The molecule has 1 aromatic heterocycles. The van der Waals surface area contributed by atoms with E-state index in [-0.39, 0.29) is 23.7 Å². The molecular formula is C12H18N2O4S. The Labute approximate surface area is 116 Å². The lowest BCUT2D eigenvalue weighted by molar-refractivity contribution is -0.00524. The summed E-state index contributed by atoms with van der Waals surface area (Å²) in [5, 5.41) is 9.91. The van der Waals surface area contributed by atoms with Crippen molar-refractivity contribution >= 4 is 22.4 Å². The number of carbonyl (C=O) groups is 1. The van der Waals surface area contributed by atoms with Crippen molar-refractivity contribution < 1.29 is 19.4 Å². The molecule has 0 aliphatic carbocycles. The second-order valence-electron chi connectivity index (χ2n) is 4.67. The van der Waals surface area contributed by atoms with Gasteiger partial charge in [0.15, 0.2) is 5.13 Å². The number of hydrogen-bond acceptors (Lipinski definition) is 6. The fourth-order valence-electron chi connectivity index (χ4n) is 2.21. The molecule has 2 unspecified atom stereocenters. The summed E-state index contributed by atoms with van der Waals surface area (Å²) in [6, 6.07) is 0. The number of thiazole rings is 1. The van der Waals surface area contributed by atoms with Gasteiger partial charge in [0.05, 0.1) is 24.5 Å². The number of aromatic carboxylic acids is 1. The molecule has 1 saturated heterocycles. The van der Waals surface area contributed by atoms with Crippen molar-refractivity contribution in [3.63, 3.8) is 0 Å². The molecule has 106 valence electrons. The van der Waals surface area contributed by atoms with Gasteiger partial charge in [-0.15, -0.1) is 0 Å². The summed E-state index contributed by atoms with van der Waals surface area (Å²) in [6.45, 7) is 5.68. The molecule has 7 heteroatoms. The van der Waals surface area contributed by atoms with Crippen molar-refractivity contribution in [3.05, 3.63) is 10.6 Å². The minimum absolute atomic E-state index is 0.117. The summed E-state index contributed by atoms with van der Waals surface area (Å²) in [7, 11) is 1.53. The molecule has 1 fully saturated rings. The van der Waals surface area contributed by atoms with Crippen molar-refractivity contribution in [2.75, 3.05) is 25.1 Å². The second-order valence-corrected chi connectivity index (χ2v) is 5.65. The van der Waals surface area contributed by atoms with Crippen molar-refractivity contribution in [2.45, 2.75) is 32.7 Å². The first-order chi connectivity index (χ1) is 9.01. The van der Waals surface area contributed by atoms with Crippen LogP contribution in [0.4, 0.5) is 5.13 Å². The number of anilines is 1. The number of morpholine rings is 1. The molecule has 2 atom stereocenters. The largest absolute Gasteiger partial charge is 0.477 e. The summed E-state index contributed by atoms with van der Waals surface area (Å²) in [5.74, 6) is -0.954. The topological polar surface area (TPSA) is 71.9 Å². The van der Waals surface area contributed by atoms with Gasteiger partial charge in [-0.2, -0.15) is 0 Å². The Kier molecular flexibility index (Phi) is 4.38. The molecule has 0 saturated carbocycles. The summed E-state index contributed by atoms with van der Waals surface area (Å²) in [6.07, 6.45) is 0.235. The van der Waals surface area contributed by atoms with Gasteiger partial charge in [-0.1, -0.05) is 11.3 Å². The number of rotatable bonds is 4. The second kappa shape index (κ2) is 5.85. The maximum atomic E-state index is 11.2. The zero-order valence-electron chi connectivity index (χ0n) is 11.3. The first kappa shape index (κ1) is 14.2. The Morgan fingerprint density at radius 3 is 2.68 bits per heavy atom. The highest BCUT2D eigenvalue weighted by Gasteiger charge is 2.26. The zero-order valence-corrected chi connectivity index (χ0v) is 12.1. The lowest BCUT2D eigenvalue weighted by Gasteiger charge is -2.35. The van der Waals surface area contributed by atoms with E-state index in [9.17, 15) is 9.90 Å². The van der Waals surface area contributed by atoms with Gasteiger partial charge in [0, 0.05) is 20.2 Å². The van der Waals surface area contributed by atoms with E-state index < -0.39 is 5.97 Å². The normalized spacial score (nSPS) is 23.6. The Morgan fingerprint density at radius 2 is 2.16 bits per heavy atom. The van der Waals surface area contributed by atoms with Crippen LogP contribution in [0.25, 0.3) is 0 Å². The van der Waals surface area contributed by atoms with E-state index in [4.69, 9.17) is 9.47 Å². The van der Waals surface area contributed by atoms with Crippen molar-refractivity contribution in [1.29, 1.82) is 0 Å². The Hall–Kier alpha value is -1.18. The van der Waals surface area contributed by atoms with E-state index in [2.05, 4.69) is 9.88 Å². The molecule has 0 radical (unpaired) electrons. The van der Waals surface area contributed by atoms with Gasteiger partial charge >= 0.3 is 5.97 Å². The molecule has 1 aliphatic heterocycles. The van der Waals surface area contributed by atoms with E-state index in [1.54, 1.807) is 0 Å². The number of methoxy groups -OCH3 is 1. The van der Waals surface area contributed by atoms with Crippen molar-refractivity contribution in [3.8, 4) is 0 Å². The average Bonchev–Trinajstić information content (AvgIpc) is 2.72. The fraction of sp³-hybridized carbons (Fsp3) is 0.667. The van der Waals surface area contributed by atoms with Crippen LogP contribution in [-0.4, -0.2) is 48.5 Å². The van der Waals surface area contributed by atoms with Gasteiger partial charge in [-0.05, 0) is 13.8 Å². The zero-order chi connectivity index (χ0) is 14.0. The number of carboxylic acid groups (broad SMARTS) is 1. The molecule has 0 bridgehead atoms. The number of aromatic nitrogens is 1. The first-order valence-electron chi connectivity index (χ1n) is 6.13. The van der Waals surface area contributed by atoms with E-state index in [0.717, 1.165) is 18.2 Å². The highest BCUT2D eigenvalue weighted by atomic mass is 32.1. The third kappa shape index (κ3) is 3.23. The van der Waals surface area contributed by atoms with Gasteiger partial charge in [0.25, 0.3) is 0 Å². The van der Waals surface area contributed by atoms with E-state index >= 15 is 0 Å². The van der Waals surface area contributed by atoms with Crippen LogP contribution < -0.4 is 4.90 Å². The molecule has 19 heavy (non-hydrogen) atoms. The maximum Gasteiger partial charge on any atom is 0.347 e. The minimum atomic E-state index is -0.954. The highest BCUT2D eigenvalue weighted by molar-refractivity contribution is 7.17. The third-order valence-electron chi connectivity index (χ3n) is 2.85. The fourth-order valence-corrected chi connectivity index (χ4v) is 3.14. The molecule has 2 rings (SSSR count).